The molecule has 0 amide bonds. The molecule has 1 aromatic carbocycles. The van der Waals surface area contributed by atoms with E-state index in [1.807, 2.05) is 26.8 Å². The zero-order chi connectivity index (χ0) is 25.5. The number of ether oxygens (including phenoxy) is 2. The van der Waals surface area contributed by atoms with Crippen molar-refractivity contribution >= 4 is 17.5 Å². The predicted molar refractivity (Wildman–Crippen MR) is 137 cm³/mol. The molecule has 0 aromatic heterocycles. The van der Waals surface area contributed by atoms with Crippen LogP contribution in [-0.2, 0) is 19.1 Å². The van der Waals surface area contributed by atoms with Gasteiger partial charge in [-0.2, -0.15) is 0 Å². The molecule has 0 N–H and O–H groups in total. The van der Waals surface area contributed by atoms with Gasteiger partial charge in [-0.15, -0.1) is 0 Å². The monoisotopic (exact) mass is 458 g/mol. The maximum Gasteiger partial charge on any atom is 0.339 e. The van der Waals surface area contributed by atoms with Gasteiger partial charge in [-0.3, -0.25) is 0 Å². The van der Waals surface area contributed by atoms with Crippen LogP contribution in [0.25, 0.3) is 5.57 Å². The largest absolute Gasteiger partial charge is 0.465 e. The smallest absolute Gasteiger partial charge is 0.339 e. The number of carbonyl (C=O) groups excluding carboxylic acids is 2. The summed E-state index contributed by atoms with van der Waals surface area (Å²) in [6, 6.07) is 0. The molecule has 2 aliphatic carbocycles. The summed E-state index contributed by atoms with van der Waals surface area (Å²) < 4.78 is 10.3. The molecular formula is C30H34O4. The second-order valence-corrected chi connectivity index (χ2v) is 9.20. The first-order chi connectivity index (χ1) is 15.9. The van der Waals surface area contributed by atoms with Gasteiger partial charge in [-0.25, -0.2) is 9.59 Å². The maximum atomic E-state index is 13.2. The topological polar surface area (TPSA) is 52.6 Å². The van der Waals surface area contributed by atoms with Crippen molar-refractivity contribution in [2.75, 3.05) is 14.2 Å². The minimum Gasteiger partial charge on any atom is -0.465 e. The lowest BCUT2D eigenvalue weighted by molar-refractivity contribution is -0.139. The molecule has 4 nitrogen and oxygen atoms in total. The van der Waals surface area contributed by atoms with Gasteiger partial charge < -0.3 is 9.47 Å². The Balaban J connectivity index is 2.56. The third-order valence-corrected chi connectivity index (χ3v) is 7.18. The lowest BCUT2D eigenvalue weighted by atomic mass is 9.85. The van der Waals surface area contributed by atoms with Gasteiger partial charge in [0.2, 0.25) is 0 Å². The van der Waals surface area contributed by atoms with Crippen LogP contribution in [0.3, 0.4) is 0 Å². The molecule has 0 saturated carbocycles. The van der Waals surface area contributed by atoms with E-state index in [1.165, 1.54) is 30.9 Å². The normalized spacial score (nSPS) is 16.1. The summed E-state index contributed by atoms with van der Waals surface area (Å²) in [4.78, 5) is 26.3. The Hall–Kier alpha value is -3.40. The number of hydrogen-bond donors (Lipinski definition) is 0. The van der Waals surface area contributed by atoms with E-state index in [-0.39, 0.29) is 11.1 Å². The molecule has 0 bridgehead atoms. The molecule has 0 heterocycles. The fraction of sp³-hybridized carbons (Fsp3) is 0.333. The highest BCUT2D eigenvalue weighted by Gasteiger charge is 2.32. The van der Waals surface area contributed by atoms with Gasteiger partial charge in [0.25, 0.3) is 0 Å². The van der Waals surface area contributed by atoms with Crippen molar-refractivity contribution in [1.29, 1.82) is 0 Å². The number of carbonyl (C=O) groups is 2. The SMILES string of the molecule is COC(=O)C1=CC(c2c(C)c(C)c(C)c(C)c2C)=CC2=C(C)C=C(C)C=C(C)C2=C1C(=O)OC. The quantitative estimate of drug-likeness (QED) is 0.491. The molecule has 0 unspecified atom stereocenters. The Kier molecular flexibility index (Phi) is 7.02. The molecule has 0 atom stereocenters. The second kappa shape index (κ2) is 9.46. The summed E-state index contributed by atoms with van der Waals surface area (Å²) in [6.45, 7) is 16.6. The number of methoxy groups -OCH3 is 2. The first kappa shape index (κ1) is 25.2. The molecule has 1 aromatic rings. The van der Waals surface area contributed by atoms with E-state index in [4.69, 9.17) is 9.47 Å². The summed E-state index contributed by atoms with van der Waals surface area (Å²) >= 11 is 0. The van der Waals surface area contributed by atoms with Crippen molar-refractivity contribution in [3.8, 4) is 0 Å². The summed E-state index contributed by atoms with van der Waals surface area (Å²) in [5, 5.41) is 0. The molecule has 3 rings (SSSR count). The van der Waals surface area contributed by atoms with Gasteiger partial charge in [0, 0.05) is 5.57 Å². The van der Waals surface area contributed by atoms with Crippen molar-refractivity contribution in [3.05, 3.63) is 96.7 Å². The fourth-order valence-electron chi connectivity index (χ4n) is 5.02. The van der Waals surface area contributed by atoms with Crippen molar-refractivity contribution in [2.45, 2.75) is 55.4 Å². The average Bonchev–Trinajstić information content (AvgIpc) is 3.03. The third-order valence-electron chi connectivity index (χ3n) is 7.18. The summed E-state index contributed by atoms with van der Waals surface area (Å²) in [5.41, 5.74) is 12.9. The number of hydrogen-bond acceptors (Lipinski definition) is 4. The van der Waals surface area contributed by atoms with Gasteiger partial charge in [0.05, 0.1) is 25.4 Å². The average molecular weight is 459 g/mol. The fourth-order valence-corrected chi connectivity index (χ4v) is 5.02. The summed E-state index contributed by atoms with van der Waals surface area (Å²) in [5.74, 6) is -1.14. The Morgan fingerprint density at radius 3 is 1.71 bits per heavy atom. The van der Waals surface area contributed by atoms with Crippen molar-refractivity contribution < 1.29 is 19.1 Å². The van der Waals surface area contributed by atoms with Gasteiger partial charge in [0.15, 0.2) is 0 Å². The maximum absolute atomic E-state index is 13.2. The summed E-state index contributed by atoms with van der Waals surface area (Å²) in [6.07, 6.45) is 8.01. The van der Waals surface area contributed by atoms with E-state index in [0.717, 1.165) is 44.6 Å². The highest BCUT2D eigenvalue weighted by atomic mass is 16.5. The van der Waals surface area contributed by atoms with Crippen molar-refractivity contribution in [2.24, 2.45) is 0 Å². The van der Waals surface area contributed by atoms with Crippen LogP contribution in [0.15, 0.2) is 63.3 Å². The number of rotatable bonds is 3. The lowest BCUT2D eigenvalue weighted by Crippen LogP contribution is -2.17. The lowest BCUT2D eigenvalue weighted by Gasteiger charge is -2.20. The number of fused-ring (bicyclic) bond motifs is 1. The number of esters is 2. The molecule has 0 spiro atoms. The molecule has 178 valence electrons. The molecular weight excluding hydrogens is 424 g/mol. The molecule has 0 radical (unpaired) electrons. The Morgan fingerprint density at radius 1 is 0.647 bits per heavy atom. The third kappa shape index (κ3) is 4.13. The van der Waals surface area contributed by atoms with E-state index in [0.29, 0.717) is 5.57 Å². The molecule has 2 aliphatic rings. The van der Waals surface area contributed by atoms with Crippen LogP contribution in [0.2, 0.25) is 0 Å². The van der Waals surface area contributed by atoms with Crippen LogP contribution < -0.4 is 0 Å². The van der Waals surface area contributed by atoms with E-state index < -0.39 is 11.9 Å². The van der Waals surface area contributed by atoms with Crippen molar-refractivity contribution in [1.82, 2.24) is 0 Å². The van der Waals surface area contributed by atoms with E-state index in [1.54, 1.807) is 6.08 Å². The standard InChI is InChI=1S/C30H34O4/c1-15-11-16(2)24-13-23(27-21(7)19(5)18(4)20(6)22(27)8)14-25(29(31)33-9)28(30(32)34-10)26(24)17(3)12-15/h11-14H,1-10H3. The van der Waals surface area contributed by atoms with E-state index in [2.05, 4.69) is 46.8 Å². The molecule has 0 aliphatic heterocycles. The van der Waals surface area contributed by atoms with Crippen LogP contribution in [0, 0.1) is 34.6 Å². The highest BCUT2D eigenvalue weighted by molar-refractivity contribution is 6.11. The Bertz CT molecular complexity index is 1270. The highest BCUT2D eigenvalue weighted by Crippen LogP contribution is 2.41. The van der Waals surface area contributed by atoms with Gasteiger partial charge in [-0.1, -0.05) is 17.7 Å². The molecule has 0 fully saturated rings. The predicted octanol–water partition coefficient (Wildman–Crippen LogP) is 6.42. The Labute approximate surface area is 203 Å². The van der Waals surface area contributed by atoms with Crippen LogP contribution in [0.1, 0.15) is 54.2 Å². The zero-order valence-corrected chi connectivity index (χ0v) is 21.9. The molecule has 34 heavy (non-hydrogen) atoms. The van der Waals surface area contributed by atoms with E-state index >= 15 is 0 Å². The van der Waals surface area contributed by atoms with Crippen LogP contribution in [0.5, 0.6) is 0 Å². The zero-order valence-electron chi connectivity index (χ0n) is 21.9. The summed E-state index contributed by atoms with van der Waals surface area (Å²) in [7, 11) is 2.66. The van der Waals surface area contributed by atoms with Gasteiger partial charge in [-0.05, 0) is 123 Å². The second-order valence-electron chi connectivity index (χ2n) is 9.20. The van der Waals surface area contributed by atoms with Gasteiger partial charge >= 0.3 is 11.9 Å². The number of allylic oxidation sites excluding steroid dienone is 10. The Morgan fingerprint density at radius 2 is 1.18 bits per heavy atom. The van der Waals surface area contributed by atoms with Crippen LogP contribution >= 0.6 is 0 Å². The van der Waals surface area contributed by atoms with Crippen LogP contribution in [0.4, 0.5) is 0 Å². The minimum absolute atomic E-state index is 0.195. The first-order valence-corrected chi connectivity index (χ1v) is 11.4. The first-order valence-electron chi connectivity index (χ1n) is 11.4. The molecule has 0 saturated heterocycles. The van der Waals surface area contributed by atoms with Gasteiger partial charge in [0.1, 0.15) is 0 Å². The van der Waals surface area contributed by atoms with Crippen LogP contribution in [-0.4, -0.2) is 26.2 Å². The minimum atomic E-state index is -0.574. The number of benzene rings is 1. The molecule has 4 heteroatoms. The van der Waals surface area contributed by atoms with E-state index in [9.17, 15) is 9.59 Å². The van der Waals surface area contributed by atoms with Crippen molar-refractivity contribution in [3.63, 3.8) is 0 Å².